The Morgan fingerprint density at radius 1 is 1.15 bits per heavy atom. The highest BCUT2D eigenvalue weighted by Gasteiger charge is 2.01. The second kappa shape index (κ2) is 13.3. The fourth-order valence-corrected chi connectivity index (χ4v) is 2.19. The van der Waals surface area contributed by atoms with Gasteiger partial charge in [-0.15, -0.1) is 24.0 Å². The van der Waals surface area contributed by atoms with E-state index in [9.17, 15) is 0 Å². The highest BCUT2D eigenvalue weighted by atomic mass is 127. The molecule has 26 heavy (non-hydrogen) atoms. The van der Waals surface area contributed by atoms with Gasteiger partial charge in [-0.25, -0.2) is 4.99 Å². The molecule has 0 atom stereocenters. The summed E-state index contributed by atoms with van der Waals surface area (Å²) in [4.78, 5) is 8.95. The maximum Gasteiger partial charge on any atom is 0.191 e. The Morgan fingerprint density at radius 2 is 2.04 bits per heavy atom. The van der Waals surface area contributed by atoms with Gasteiger partial charge in [0.2, 0.25) is 0 Å². The molecule has 0 spiro atoms. The molecule has 0 aliphatic heterocycles. The van der Waals surface area contributed by atoms with E-state index in [1.54, 1.807) is 13.3 Å². The lowest BCUT2D eigenvalue weighted by atomic mass is 10.2. The van der Waals surface area contributed by atoms with Gasteiger partial charge in [0.25, 0.3) is 0 Å². The van der Waals surface area contributed by atoms with Crippen molar-refractivity contribution in [3.63, 3.8) is 0 Å². The van der Waals surface area contributed by atoms with Crippen LogP contribution in [0.1, 0.15) is 18.2 Å². The number of aliphatic imine (C=N–C) groups is 1. The zero-order chi connectivity index (χ0) is 17.7. The van der Waals surface area contributed by atoms with Gasteiger partial charge >= 0.3 is 0 Å². The maximum absolute atomic E-state index is 5.53. The van der Waals surface area contributed by atoms with Gasteiger partial charge in [-0.05, 0) is 36.8 Å². The van der Waals surface area contributed by atoms with Gasteiger partial charge in [0.05, 0.1) is 32.0 Å². The lowest BCUT2D eigenvalue weighted by molar-refractivity contribution is 0.203. The number of guanidine groups is 1. The van der Waals surface area contributed by atoms with E-state index in [1.165, 1.54) is 0 Å². The Kier molecular flexibility index (Phi) is 11.4. The van der Waals surface area contributed by atoms with Gasteiger partial charge in [-0.2, -0.15) is 0 Å². The molecule has 0 amide bonds. The molecular formula is C19H27IN4O2. The Hall–Kier alpha value is -1.87. The summed E-state index contributed by atoms with van der Waals surface area (Å²) in [7, 11) is 1.68. The number of nitrogens with one attached hydrogen (secondary N) is 2. The van der Waals surface area contributed by atoms with Crippen LogP contribution < -0.4 is 15.4 Å². The smallest absolute Gasteiger partial charge is 0.191 e. The number of methoxy groups -OCH3 is 1. The standard InChI is InChI=1S/C19H26N4O2.HI/c1-3-25-18-9-6-7-16(13-18)14-22-19(21-11-12-24-2)23-15-17-8-4-5-10-20-17;/h4-10,13H,3,11-12,14-15H2,1-2H3,(H2,21,22,23);1H. The number of nitrogens with zero attached hydrogens (tertiary/aromatic N) is 2. The average Bonchev–Trinajstić information content (AvgIpc) is 2.65. The molecule has 1 aromatic heterocycles. The first-order valence-electron chi connectivity index (χ1n) is 8.44. The number of rotatable bonds is 9. The molecule has 0 unspecified atom stereocenters. The van der Waals surface area contributed by atoms with Crippen molar-refractivity contribution in [2.75, 3.05) is 26.9 Å². The number of benzene rings is 1. The Labute approximate surface area is 172 Å². The SMILES string of the molecule is CCOc1cccc(CN=C(NCCOC)NCc2ccccn2)c1.I. The van der Waals surface area contributed by atoms with Gasteiger partial charge in [-0.1, -0.05) is 18.2 Å². The van der Waals surface area contributed by atoms with Crippen LogP contribution in [0.5, 0.6) is 5.75 Å². The van der Waals surface area contributed by atoms with E-state index < -0.39 is 0 Å². The molecule has 0 saturated carbocycles. The molecule has 0 radical (unpaired) electrons. The van der Waals surface area contributed by atoms with Crippen molar-refractivity contribution < 1.29 is 9.47 Å². The third-order valence-corrected chi connectivity index (χ3v) is 3.39. The number of hydrogen-bond donors (Lipinski definition) is 2. The van der Waals surface area contributed by atoms with Crippen LogP contribution in [-0.4, -0.2) is 37.8 Å². The van der Waals surface area contributed by atoms with E-state index >= 15 is 0 Å². The summed E-state index contributed by atoms with van der Waals surface area (Å²) in [6.07, 6.45) is 1.78. The lowest BCUT2D eigenvalue weighted by Crippen LogP contribution is -2.38. The summed E-state index contributed by atoms with van der Waals surface area (Å²) >= 11 is 0. The Morgan fingerprint density at radius 3 is 2.77 bits per heavy atom. The molecule has 0 fully saturated rings. The zero-order valence-electron chi connectivity index (χ0n) is 15.3. The minimum absolute atomic E-state index is 0. The molecule has 1 heterocycles. The van der Waals surface area contributed by atoms with E-state index in [0.717, 1.165) is 23.0 Å². The first-order valence-corrected chi connectivity index (χ1v) is 8.44. The molecule has 7 heteroatoms. The van der Waals surface area contributed by atoms with Crippen molar-refractivity contribution in [2.45, 2.75) is 20.0 Å². The summed E-state index contributed by atoms with van der Waals surface area (Å²) < 4.78 is 10.6. The molecule has 0 bridgehead atoms. The Balaban J connectivity index is 0.00000338. The molecule has 0 aliphatic rings. The third kappa shape index (κ3) is 8.48. The van der Waals surface area contributed by atoms with Crippen LogP contribution in [0.15, 0.2) is 53.7 Å². The van der Waals surface area contributed by atoms with Crippen molar-refractivity contribution in [2.24, 2.45) is 4.99 Å². The molecule has 0 saturated heterocycles. The highest BCUT2D eigenvalue weighted by Crippen LogP contribution is 2.13. The first-order chi connectivity index (χ1) is 12.3. The predicted molar refractivity (Wildman–Crippen MR) is 115 cm³/mol. The summed E-state index contributed by atoms with van der Waals surface area (Å²) in [6, 6.07) is 13.8. The Bertz CT molecular complexity index is 653. The van der Waals surface area contributed by atoms with Crippen LogP contribution in [0.3, 0.4) is 0 Å². The second-order valence-electron chi connectivity index (χ2n) is 5.34. The van der Waals surface area contributed by atoms with Crippen molar-refractivity contribution in [1.82, 2.24) is 15.6 Å². The zero-order valence-corrected chi connectivity index (χ0v) is 17.6. The van der Waals surface area contributed by atoms with E-state index in [0.29, 0.717) is 32.8 Å². The minimum atomic E-state index is 0. The normalized spacial score (nSPS) is 10.8. The van der Waals surface area contributed by atoms with Crippen LogP contribution in [0.4, 0.5) is 0 Å². The summed E-state index contributed by atoms with van der Waals surface area (Å²) in [6.45, 7) is 5.10. The number of pyridine rings is 1. The van der Waals surface area contributed by atoms with Crippen LogP contribution >= 0.6 is 24.0 Å². The van der Waals surface area contributed by atoms with E-state index in [2.05, 4.69) is 20.6 Å². The minimum Gasteiger partial charge on any atom is -0.494 e. The monoisotopic (exact) mass is 470 g/mol. The van der Waals surface area contributed by atoms with Crippen molar-refractivity contribution in [3.05, 3.63) is 59.9 Å². The quantitative estimate of drug-likeness (QED) is 0.255. The molecule has 2 N–H and O–H groups in total. The number of halogens is 1. The van der Waals surface area contributed by atoms with Gasteiger partial charge in [0.15, 0.2) is 5.96 Å². The van der Waals surface area contributed by atoms with Crippen LogP contribution in [0.25, 0.3) is 0 Å². The van der Waals surface area contributed by atoms with Crippen LogP contribution in [-0.2, 0) is 17.8 Å². The lowest BCUT2D eigenvalue weighted by Gasteiger charge is -2.12. The van der Waals surface area contributed by atoms with Crippen molar-refractivity contribution in [1.29, 1.82) is 0 Å². The molecule has 142 valence electrons. The molecule has 2 rings (SSSR count). The molecule has 6 nitrogen and oxygen atoms in total. The average molecular weight is 470 g/mol. The van der Waals surface area contributed by atoms with Gasteiger partial charge < -0.3 is 20.1 Å². The molecular weight excluding hydrogens is 443 g/mol. The molecule has 2 aromatic rings. The van der Waals surface area contributed by atoms with Crippen molar-refractivity contribution >= 4 is 29.9 Å². The van der Waals surface area contributed by atoms with Crippen molar-refractivity contribution in [3.8, 4) is 5.75 Å². The van der Waals surface area contributed by atoms with Gasteiger partial charge in [0.1, 0.15) is 5.75 Å². The predicted octanol–water partition coefficient (Wildman–Crippen LogP) is 2.98. The fraction of sp³-hybridized carbons (Fsp3) is 0.368. The largest absolute Gasteiger partial charge is 0.494 e. The van der Waals surface area contributed by atoms with E-state index in [-0.39, 0.29) is 24.0 Å². The topological polar surface area (TPSA) is 67.8 Å². The highest BCUT2D eigenvalue weighted by molar-refractivity contribution is 14.0. The fourth-order valence-electron chi connectivity index (χ4n) is 2.19. The van der Waals surface area contributed by atoms with E-state index in [4.69, 9.17) is 9.47 Å². The van der Waals surface area contributed by atoms with Gasteiger partial charge in [-0.3, -0.25) is 4.98 Å². The summed E-state index contributed by atoms with van der Waals surface area (Å²) in [5.74, 6) is 1.59. The summed E-state index contributed by atoms with van der Waals surface area (Å²) in [5.41, 5.74) is 2.05. The first kappa shape index (κ1) is 22.2. The molecule has 1 aromatic carbocycles. The second-order valence-corrected chi connectivity index (χ2v) is 5.34. The van der Waals surface area contributed by atoms with Gasteiger partial charge in [0, 0.05) is 19.9 Å². The number of hydrogen-bond acceptors (Lipinski definition) is 4. The number of aromatic nitrogens is 1. The van der Waals surface area contributed by atoms with E-state index in [1.807, 2.05) is 49.4 Å². The number of ether oxygens (including phenoxy) is 2. The molecule has 0 aliphatic carbocycles. The summed E-state index contributed by atoms with van der Waals surface area (Å²) in [5, 5.41) is 6.55. The van der Waals surface area contributed by atoms with Crippen LogP contribution in [0, 0.1) is 0 Å². The van der Waals surface area contributed by atoms with Crippen LogP contribution in [0.2, 0.25) is 0 Å². The maximum atomic E-state index is 5.53. The third-order valence-electron chi connectivity index (χ3n) is 3.39.